The lowest BCUT2D eigenvalue weighted by Crippen LogP contribution is -2.36. The van der Waals surface area contributed by atoms with E-state index in [1.807, 2.05) is 37.3 Å². The summed E-state index contributed by atoms with van der Waals surface area (Å²) >= 11 is 1.64. The van der Waals surface area contributed by atoms with Gasteiger partial charge in [-0.1, -0.05) is 23.9 Å². The van der Waals surface area contributed by atoms with Crippen molar-refractivity contribution in [3.05, 3.63) is 47.8 Å². The standard InChI is InChI=1S/C21H23N3O3S/c1-14-17(11-28-20-23-15-4-2-3-5-16(15)24-20)22-9-6-18(14)25-10-19-26-12-21(7-8-21)13-27-19/h2-6,9,19H,7-8,10-13H2,1H3,(H,23,24). The van der Waals surface area contributed by atoms with Gasteiger partial charge in [0.15, 0.2) is 11.4 Å². The van der Waals surface area contributed by atoms with E-state index >= 15 is 0 Å². The highest BCUT2D eigenvalue weighted by atomic mass is 32.2. The number of benzene rings is 1. The topological polar surface area (TPSA) is 69.3 Å². The van der Waals surface area contributed by atoms with Gasteiger partial charge in [-0.15, -0.1) is 0 Å². The molecule has 2 aromatic heterocycles. The Labute approximate surface area is 168 Å². The molecule has 0 atom stereocenters. The lowest BCUT2D eigenvalue weighted by atomic mass is 10.1. The molecule has 0 amide bonds. The maximum atomic E-state index is 5.98. The average molecular weight is 398 g/mol. The second-order valence-electron chi connectivity index (χ2n) is 7.59. The molecule has 1 aliphatic heterocycles. The van der Waals surface area contributed by atoms with Gasteiger partial charge in [-0.05, 0) is 38.0 Å². The van der Waals surface area contributed by atoms with E-state index in [1.165, 1.54) is 12.8 Å². The van der Waals surface area contributed by atoms with Crippen LogP contribution in [0.5, 0.6) is 5.75 Å². The van der Waals surface area contributed by atoms with Crippen molar-refractivity contribution in [3.8, 4) is 5.75 Å². The minimum atomic E-state index is -0.285. The van der Waals surface area contributed by atoms with Gasteiger partial charge >= 0.3 is 0 Å². The summed E-state index contributed by atoms with van der Waals surface area (Å²) in [6.07, 6.45) is 3.94. The highest BCUT2D eigenvalue weighted by Gasteiger charge is 2.47. The fraction of sp³-hybridized carbons (Fsp3) is 0.429. The molecule has 1 aromatic carbocycles. The number of para-hydroxylation sites is 2. The molecule has 1 aliphatic carbocycles. The summed E-state index contributed by atoms with van der Waals surface area (Å²) in [6.45, 7) is 4.02. The Hall–Kier alpha value is -2.09. The van der Waals surface area contributed by atoms with Gasteiger partial charge in [-0.2, -0.15) is 0 Å². The van der Waals surface area contributed by atoms with Gasteiger partial charge in [-0.3, -0.25) is 4.98 Å². The van der Waals surface area contributed by atoms with E-state index < -0.39 is 0 Å². The molecule has 3 aromatic rings. The van der Waals surface area contributed by atoms with E-state index in [-0.39, 0.29) is 6.29 Å². The second kappa shape index (κ2) is 7.39. The lowest BCUT2D eigenvalue weighted by molar-refractivity contribution is -0.217. The van der Waals surface area contributed by atoms with Crippen LogP contribution in [0.3, 0.4) is 0 Å². The molecule has 5 rings (SSSR count). The van der Waals surface area contributed by atoms with Crippen LogP contribution in [0.25, 0.3) is 11.0 Å². The first-order chi connectivity index (χ1) is 13.7. The molecule has 1 N–H and O–H groups in total. The molecular formula is C21H23N3O3S. The fourth-order valence-electron chi connectivity index (χ4n) is 3.34. The Morgan fingerprint density at radius 3 is 2.82 bits per heavy atom. The highest BCUT2D eigenvalue weighted by molar-refractivity contribution is 7.98. The van der Waals surface area contributed by atoms with Crippen molar-refractivity contribution in [2.75, 3.05) is 19.8 Å². The van der Waals surface area contributed by atoms with Crippen molar-refractivity contribution in [1.29, 1.82) is 0 Å². The lowest BCUT2D eigenvalue weighted by Gasteiger charge is -2.29. The largest absolute Gasteiger partial charge is 0.488 e. The zero-order chi connectivity index (χ0) is 19.0. The van der Waals surface area contributed by atoms with E-state index in [4.69, 9.17) is 14.2 Å². The number of hydrogen-bond donors (Lipinski definition) is 1. The molecular weight excluding hydrogens is 374 g/mol. The van der Waals surface area contributed by atoms with E-state index in [9.17, 15) is 0 Å². The van der Waals surface area contributed by atoms with E-state index in [0.717, 1.165) is 52.2 Å². The van der Waals surface area contributed by atoms with Crippen molar-refractivity contribution < 1.29 is 14.2 Å². The Kier molecular flexibility index (Phi) is 4.74. The molecule has 28 heavy (non-hydrogen) atoms. The Morgan fingerprint density at radius 2 is 2.04 bits per heavy atom. The predicted molar refractivity (Wildman–Crippen MR) is 107 cm³/mol. The van der Waals surface area contributed by atoms with Crippen LogP contribution >= 0.6 is 11.8 Å². The third kappa shape index (κ3) is 3.74. The zero-order valence-corrected chi connectivity index (χ0v) is 16.6. The summed E-state index contributed by atoms with van der Waals surface area (Å²) in [6, 6.07) is 9.94. The number of hydrogen-bond acceptors (Lipinski definition) is 6. The highest BCUT2D eigenvalue weighted by Crippen LogP contribution is 2.48. The first-order valence-corrected chi connectivity index (χ1v) is 10.6. The number of imidazole rings is 1. The summed E-state index contributed by atoms with van der Waals surface area (Å²) in [5.41, 5.74) is 4.37. The number of thioether (sulfide) groups is 1. The summed E-state index contributed by atoms with van der Waals surface area (Å²) in [5, 5.41) is 0.895. The zero-order valence-electron chi connectivity index (χ0n) is 15.8. The first kappa shape index (κ1) is 18.0. The number of ether oxygens (including phenoxy) is 3. The number of fused-ring (bicyclic) bond motifs is 1. The van der Waals surface area contributed by atoms with Crippen LogP contribution < -0.4 is 4.74 Å². The average Bonchev–Trinajstić information content (AvgIpc) is 3.34. The molecule has 1 saturated heterocycles. The van der Waals surface area contributed by atoms with Gasteiger partial charge in [0.25, 0.3) is 0 Å². The van der Waals surface area contributed by atoms with Crippen LogP contribution in [0.2, 0.25) is 0 Å². The second-order valence-corrected chi connectivity index (χ2v) is 8.56. The van der Waals surface area contributed by atoms with Gasteiger partial charge in [-0.25, -0.2) is 4.98 Å². The van der Waals surface area contributed by atoms with E-state index in [0.29, 0.717) is 12.0 Å². The SMILES string of the molecule is Cc1c(OCC2OCC3(CC3)CO2)ccnc1CSc1nc2ccccc2[nH]1. The van der Waals surface area contributed by atoms with Crippen LogP contribution in [-0.2, 0) is 15.2 Å². The number of H-pyrrole nitrogens is 1. The summed E-state index contributed by atoms with van der Waals surface area (Å²) < 4.78 is 17.6. The molecule has 7 heteroatoms. The van der Waals surface area contributed by atoms with Gasteiger partial charge in [0.05, 0.1) is 29.9 Å². The molecule has 0 radical (unpaired) electrons. The molecule has 0 unspecified atom stereocenters. The number of rotatable bonds is 6. The third-order valence-corrected chi connectivity index (χ3v) is 6.34. The van der Waals surface area contributed by atoms with Crippen LogP contribution in [-0.4, -0.2) is 41.1 Å². The minimum absolute atomic E-state index is 0.285. The van der Waals surface area contributed by atoms with Crippen molar-refractivity contribution in [1.82, 2.24) is 15.0 Å². The van der Waals surface area contributed by atoms with Gasteiger partial charge in [0, 0.05) is 22.9 Å². The molecule has 2 aliphatic rings. The normalized spacial score (nSPS) is 18.6. The Balaban J connectivity index is 1.20. The van der Waals surface area contributed by atoms with Crippen molar-refractivity contribution in [2.45, 2.75) is 37.0 Å². The van der Waals surface area contributed by atoms with Crippen molar-refractivity contribution in [2.24, 2.45) is 5.41 Å². The minimum Gasteiger partial charge on any atom is -0.488 e. The summed E-state index contributed by atoms with van der Waals surface area (Å²) in [7, 11) is 0. The van der Waals surface area contributed by atoms with Gasteiger partial charge in [0.2, 0.25) is 0 Å². The van der Waals surface area contributed by atoms with Crippen LogP contribution in [0, 0.1) is 12.3 Å². The predicted octanol–water partition coefficient (Wildman–Crippen LogP) is 4.09. The monoisotopic (exact) mass is 397 g/mol. The van der Waals surface area contributed by atoms with Crippen LogP contribution in [0.1, 0.15) is 24.1 Å². The molecule has 1 spiro atoms. The van der Waals surface area contributed by atoms with Crippen molar-refractivity contribution in [3.63, 3.8) is 0 Å². The summed E-state index contributed by atoms with van der Waals surface area (Å²) in [4.78, 5) is 12.5. The maximum Gasteiger partial charge on any atom is 0.191 e. The van der Waals surface area contributed by atoms with Gasteiger partial charge in [0.1, 0.15) is 12.4 Å². The summed E-state index contributed by atoms with van der Waals surface area (Å²) in [5.74, 6) is 1.55. The number of nitrogens with zero attached hydrogens (tertiary/aromatic N) is 2. The Bertz CT molecular complexity index is 943. The molecule has 3 heterocycles. The molecule has 146 valence electrons. The Morgan fingerprint density at radius 1 is 1.21 bits per heavy atom. The van der Waals surface area contributed by atoms with E-state index in [1.54, 1.807) is 18.0 Å². The van der Waals surface area contributed by atoms with Crippen LogP contribution in [0.15, 0.2) is 41.7 Å². The number of aromatic nitrogens is 3. The van der Waals surface area contributed by atoms with Gasteiger partial charge < -0.3 is 19.2 Å². The molecule has 6 nitrogen and oxygen atoms in total. The molecule has 1 saturated carbocycles. The molecule has 0 bridgehead atoms. The fourth-order valence-corrected chi connectivity index (χ4v) is 4.25. The number of pyridine rings is 1. The number of aromatic amines is 1. The molecule has 2 fully saturated rings. The van der Waals surface area contributed by atoms with Crippen LogP contribution in [0.4, 0.5) is 0 Å². The van der Waals surface area contributed by atoms with E-state index in [2.05, 4.69) is 15.0 Å². The van der Waals surface area contributed by atoms with Crippen molar-refractivity contribution >= 4 is 22.8 Å². The first-order valence-electron chi connectivity index (χ1n) is 9.59. The maximum absolute atomic E-state index is 5.98. The smallest absolute Gasteiger partial charge is 0.191 e. The quantitative estimate of drug-likeness (QED) is 0.632. The number of nitrogens with one attached hydrogen (secondary N) is 1. The third-order valence-electron chi connectivity index (χ3n) is 5.45.